The summed E-state index contributed by atoms with van der Waals surface area (Å²) in [6.45, 7) is 1.64. The Kier molecular flexibility index (Phi) is 3.84. The summed E-state index contributed by atoms with van der Waals surface area (Å²) in [6.07, 6.45) is 8.44. The first-order chi connectivity index (χ1) is 11.7. The molecule has 24 heavy (non-hydrogen) atoms. The Morgan fingerprint density at radius 2 is 2.17 bits per heavy atom. The van der Waals surface area contributed by atoms with E-state index in [4.69, 9.17) is 0 Å². The molecular weight excluding hydrogens is 300 g/mol. The predicted molar refractivity (Wildman–Crippen MR) is 93.6 cm³/mol. The number of hydrogen-bond donors (Lipinski definition) is 0. The summed E-state index contributed by atoms with van der Waals surface area (Å²) in [5.41, 5.74) is 2.29. The van der Waals surface area contributed by atoms with E-state index in [0.29, 0.717) is 6.42 Å². The van der Waals surface area contributed by atoms with Crippen molar-refractivity contribution in [2.24, 2.45) is 7.05 Å². The van der Waals surface area contributed by atoms with E-state index in [-0.39, 0.29) is 11.9 Å². The third-order valence-corrected chi connectivity index (χ3v) is 4.98. The van der Waals surface area contributed by atoms with Gasteiger partial charge in [0.2, 0.25) is 5.91 Å². The number of carbonyl (C=O) groups is 1. The molecule has 0 saturated carbocycles. The molecular formula is C19H22N4O. The van der Waals surface area contributed by atoms with Gasteiger partial charge in [0.1, 0.15) is 0 Å². The lowest BCUT2D eigenvalue weighted by molar-refractivity contribution is -0.131. The van der Waals surface area contributed by atoms with Gasteiger partial charge in [0.25, 0.3) is 0 Å². The van der Waals surface area contributed by atoms with Crippen LogP contribution in [0.25, 0.3) is 10.9 Å². The molecule has 124 valence electrons. The number of carbonyl (C=O) groups excluding carboxylic acids is 1. The van der Waals surface area contributed by atoms with Crippen molar-refractivity contribution in [2.75, 3.05) is 6.54 Å². The second kappa shape index (κ2) is 6.15. The Morgan fingerprint density at radius 3 is 3.00 bits per heavy atom. The van der Waals surface area contributed by atoms with Crippen molar-refractivity contribution in [1.82, 2.24) is 19.2 Å². The number of aryl methyl sites for hydroxylation is 1. The van der Waals surface area contributed by atoms with Gasteiger partial charge in [-0.1, -0.05) is 18.2 Å². The number of amides is 1. The van der Waals surface area contributed by atoms with Gasteiger partial charge in [-0.15, -0.1) is 0 Å². The summed E-state index contributed by atoms with van der Waals surface area (Å²) in [4.78, 5) is 14.9. The van der Waals surface area contributed by atoms with Crippen LogP contribution in [0.1, 0.15) is 18.4 Å². The SMILES string of the molecule is Cn1cc(CC(=O)N2CCC[C@@H]2Cn2cccn2)c2ccccc21. The van der Waals surface area contributed by atoms with Crippen molar-refractivity contribution >= 4 is 16.8 Å². The molecule has 1 atom stereocenters. The monoisotopic (exact) mass is 322 g/mol. The van der Waals surface area contributed by atoms with Crippen molar-refractivity contribution in [3.8, 4) is 0 Å². The summed E-state index contributed by atoms with van der Waals surface area (Å²) >= 11 is 0. The number of fused-ring (bicyclic) bond motifs is 1. The van der Waals surface area contributed by atoms with E-state index >= 15 is 0 Å². The van der Waals surface area contributed by atoms with Crippen LogP contribution in [-0.4, -0.2) is 37.7 Å². The molecule has 0 spiro atoms. The second-order valence-electron chi connectivity index (χ2n) is 6.57. The van der Waals surface area contributed by atoms with Gasteiger partial charge < -0.3 is 9.47 Å². The van der Waals surface area contributed by atoms with Crippen LogP contribution in [0.5, 0.6) is 0 Å². The van der Waals surface area contributed by atoms with Crippen LogP contribution >= 0.6 is 0 Å². The average molecular weight is 322 g/mol. The lowest BCUT2D eigenvalue weighted by atomic mass is 10.1. The van der Waals surface area contributed by atoms with Crippen molar-refractivity contribution < 1.29 is 4.79 Å². The Morgan fingerprint density at radius 1 is 1.29 bits per heavy atom. The fraction of sp³-hybridized carbons (Fsp3) is 0.368. The minimum Gasteiger partial charge on any atom is -0.350 e. The highest BCUT2D eigenvalue weighted by Crippen LogP contribution is 2.24. The smallest absolute Gasteiger partial charge is 0.227 e. The molecule has 3 aromatic rings. The van der Waals surface area contributed by atoms with E-state index in [2.05, 4.69) is 28.0 Å². The number of hydrogen-bond acceptors (Lipinski definition) is 2. The van der Waals surface area contributed by atoms with E-state index in [9.17, 15) is 4.79 Å². The van der Waals surface area contributed by atoms with Crippen molar-refractivity contribution in [1.29, 1.82) is 0 Å². The molecule has 4 rings (SSSR count). The number of nitrogens with zero attached hydrogens (tertiary/aromatic N) is 4. The molecule has 1 aliphatic heterocycles. The maximum absolute atomic E-state index is 12.9. The first-order valence-electron chi connectivity index (χ1n) is 8.52. The summed E-state index contributed by atoms with van der Waals surface area (Å²) in [5.74, 6) is 0.223. The topological polar surface area (TPSA) is 43.1 Å². The number of aromatic nitrogens is 3. The lowest BCUT2D eigenvalue weighted by Gasteiger charge is -2.24. The summed E-state index contributed by atoms with van der Waals surface area (Å²) < 4.78 is 4.03. The van der Waals surface area contributed by atoms with Crippen LogP contribution < -0.4 is 0 Å². The standard InChI is InChI=1S/C19H22N4O/c1-21-13-15(17-7-2-3-8-18(17)21)12-19(24)23-11-4-6-16(23)14-22-10-5-9-20-22/h2-3,5,7-10,13,16H,4,6,11-12,14H2,1H3/t16-/m1/s1. The zero-order valence-electron chi connectivity index (χ0n) is 13.9. The fourth-order valence-electron chi connectivity index (χ4n) is 3.81. The summed E-state index contributed by atoms with van der Waals surface area (Å²) in [5, 5.41) is 5.45. The van der Waals surface area contributed by atoms with Crippen molar-refractivity contribution in [3.05, 3.63) is 54.5 Å². The molecule has 3 heterocycles. The van der Waals surface area contributed by atoms with E-state index in [1.165, 1.54) is 10.9 Å². The van der Waals surface area contributed by atoms with Gasteiger partial charge in [-0.25, -0.2) is 0 Å². The van der Waals surface area contributed by atoms with E-state index in [0.717, 1.165) is 31.5 Å². The summed E-state index contributed by atoms with van der Waals surface area (Å²) in [7, 11) is 2.03. The molecule has 0 N–H and O–H groups in total. The number of benzene rings is 1. The zero-order valence-corrected chi connectivity index (χ0v) is 13.9. The number of likely N-dealkylation sites (tertiary alicyclic amines) is 1. The zero-order chi connectivity index (χ0) is 16.5. The van der Waals surface area contributed by atoms with Crippen LogP contribution in [0.3, 0.4) is 0 Å². The maximum Gasteiger partial charge on any atom is 0.227 e. The maximum atomic E-state index is 12.9. The third kappa shape index (κ3) is 2.70. The quantitative estimate of drug-likeness (QED) is 0.741. The highest BCUT2D eigenvalue weighted by molar-refractivity contribution is 5.89. The van der Waals surface area contributed by atoms with E-state index in [1.54, 1.807) is 6.20 Å². The first-order valence-corrected chi connectivity index (χ1v) is 8.52. The number of para-hydroxylation sites is 1. The van der Waals surface area contributed by atoms with Gasteiger partial charge in [-0.3, -0.25) is 9.48 Å². The lowest BCUT2D eigenvalue weighted by Crippen LogP contribution is -2.39. The van der Waals surface area contributed by atoms with E-state index < -0.39 is 0 Å². The number of rotatable bonds is 4. The molecule has 5 heteroatoms. The van der Waals surface area contributed by atoms with Crippen molar-refractivity contribution in [3.63, 3.8) is 0 Å². The van der Waals surface area contributed by atoms with Crippen LogP contribution in [0, 0.1) is 0 Å². The molecule has 1 amide bonds. The molecule has 5 nitrogen and oxygen atoms in total. The van der Waals surface area contributed by atoms with Gasteiger partial charge in [0.15, 0.2) is 0 Å². The molecule has 1 fully saturated rings. The van der Waals surface area contributed by atoms with Gasteiger partial charge in [0.05, 0.1) is 19.0 Å². The average Bonchev–Trinajstić information content (AvgIpc) is 3.31. The Hall–Kier alpha value is -2.56. The third-order valence-electron chi connectivity index (χ3n) is 4.98. The fourth-order valence-corrected chi connectivity index (χ4v) is 3.81. The largest absolute Gasteiger partial charge is 0.350 e. The van der Waals surface area contributed by atoms with E-state index in [1.807, 2.05) is 41.0 Å². The van der Waals surface area contributed by atoms with Crippen LogP contribution in [0.15, 0.2) is 48.9 Å². The molecule has 1 saturated heterocycles. The van der Waals surface area contributed by atoms with Crippen LogP contribution in [0.2, 0.25) is 0 Å². The Labute approximate surface area is 141 Å². The summed E-state index contributed by atoms with van der Waals surface area (Å²) in [6, 6.07) is 10.5. The van der Waals surface area contributed by atoms with Crippen molar-refractivity contribution in [2.45, 2.75) is 31.8 Å². The Balaban J connectivity index is 1.52. The molecule has 0 unspecified atom stereocenters. The Bertz CT molecular complexity index is 850. The van der Waals surface area contributed by atoms with Crippen LogP contribution in [0.4, 0.5) is 0 Å². The molecule has 0 radical (unpaired) electrons. The van der Waals surface area contributed by atoms with Gasteiger partial charge >= 0.3 is 0 Å². The molecule has 0 bridgehead atoms. The first kappa shape index (κ1) is 15.0. The minimum atomic E-state index is 0.223. The molecule has 1 aromatic carbocycles. The van der Waals surface area contributed by atoms with Gasteiger partial charge in [-0.05, 0) is 30.5 Å². The highest BCUT2D eigenvalue weighted by atomic mass is 16.2. The molecule has 1 aliphatic rings. The van der Waals surface area contributed by atoms with Crippen LogP contribution in [-0.2, 0) is 24.8 Å². The van der Waals surface area contributed by atoms with Gasteiger partial charge in [0, 0.05) is 43.1 Å². The normalized spacial score (nSPS) is 17.7. The molecule has 2 aromatic heterocycles. The predicted octanol–water partition coefficient (Wildman–Crippen LogP) is 2.61. The minimum absolute atomic E-state index is 0.223. The molecule has 0 aliphatic carbocycles. The second-order valence-corrected chi connectivity index (χ2v) is 6.57. The van der Waals surface area contributed by atoms with Gasteiger partial charge in [-0.2, -0.15) is 5.10 Å². The highest BCUT2D eigenvalue weighted by Gasteiger charge is 2.29.